The summed E-state index contributed by atoms with van der Waals surface area (Å²) in [6.45, 7) is 6.17. The molecule has 0 amide bonds. The van der Waals surface area contributed by atoms with E-state index in [1.807, 2.05) is 0 Å². The molecular weight excluding hydrogens is 600 g/mol. The average Bonchev–Trinajstić information content (AvgIpc) is 3.29. The van der Waals surface area contributed by atoms with E-state index in [1.54, 1.807) is 12.2 Å². The maximum atomic E-state index is 12.6. The Morgan fingerprint density at radius 3 is 1.79 bits per heavy atom. The highest BCUT2D eigenvalue weighted by atomic mass is 16.6. The highest BCUT2D eigenvalue weighted by Crippen LogP contribution is 2.36. The van der Waals surface area contributed by atoms with Crippen LogP contribution in [0.1, 0.15) is 156 Å². The van der Waals surface area contributed by atoms with Crippen molar-refractivity contribution < 1.29 is 44.3 Å². The first-order valence-electron chi connectivity index (χ1n) is 18.8. The van der Waals surface area contributed by atoms with E-state index in [9.17, 15) is 34.8 Å². The Balaban J connectivity index is 2.11. The van der Waals surface area contributed by atoms with E-state index in [1.165, 1.54) is 44.9 Å². The SMILES string of the molecule is CCCCC[C@H](O)/C=C/[C@@H]1[C@@H](CC(=O)CCCCC(=O)OC[C@H](O)COC(=O)CCCCCCCCCCCC(C)C)[C@@H](O)C[C@H]1O. The number of carbonyl (C=O) groups is 3. The lowest BCUT2D eigenvalue weighted by Gasteiger charge is -2.20. The third kappa shape index (κ3) is 22.5. The van der Waals surface area contributed by atoms with E-state index in [2.05, 4.69) is 20.8 Å². The molecule has 0 aromatic heterocycles. The summed E-state index contributed by atoms with van der Waals surface area (Å²) in [6, 6.07) is 0. The zero-order chi connectivity index (χ0) is 34.9. The van der Waals surface area contributed by atoms with Gasteiger partial charge in [-0.1, -0.05) is 110 Å². The van der Waals surface area contributed by atoms with E-state index in [0.717, 1.165) is 44.4 Å². The summed E-state index contributed by atoms with van der Waals surface area (Å²) < 4.78 is 10.2. The van der Waals surface area contributed by atoms with Crippen LogP contribution in [0.5, 0.6) is 0 Å². The summed E-state index contributed by atoms with van der Waals surface area (Å²) >= 11 is 0. The molecule has 1 aliphatic carbocycles. The minimum absolute atomic E-state index is 0.0430. The summed E-state index contributed by atoms with van der Waals surface area (Å²) in [5.41, 5.74) is 0. The molecule has 274 valence electrons. The number of aliphatic hydroxyl groups is 4. The molecule has 0 radical (unpaired) electrons. The van der Waals surface area contributed by atoms with Crippen molar-refractivity contribution in [3.8, 4) is 0 Å². The van der Waals surface area contributed by atoms with Gasteiger partial charge in [-0.3, -0.25) is 14.4 Å². The summed E-state index contributed by atoms with van der Waals surface area (Å²) in [6.07, 6.45) is 17.7. The molecule has 0 unspecified atom stereocenters. The zero-order valence-electron chi connectivity index (χ0n) is 29.8. The van der Waals surface area contributed by atoms with Gasteiger partial charge in [0.2, 0.25) is 0 Å². The van der Waals surface area contributed by atoms with Crippen molar-refractivity contribution >= 4 is 17.7 Å². The normalized spacial score (nSPS) is 20.9. The molecular formula is C38H68O9. The van der Waals surface area contributed by atoms with Crippen LogP contribution in [-0.2, 0) is 23.9 Å². The van der Waals surface area contributed by atoms with E-state index in [4.69, 9.17) is 9.47 Å². The number of carbonyl (C=O) groups excluding carboxylic acids is 3. The van der Waals surface area contributed by atoms with E-state index in [0.29, 0.717) is 25.7 Å². The van der Waals surface area contributed by atoms with Gasteiger partial charge < -0.3 is 29.9 Å². The predicted octanol–water partition coefficient (Wildman–Crippen LogP) is 6.76. The minimum atomic E-state index is -1.09. The lowest BCUT2D eigenvalue weighted by Crippen LogP contribution is -2.25. The number of unbranched alkanes of at least 4 members (excludes halogenated alkanes) is 11. The van der Waals surface area contributed by atoms with Crippen LogP contribution in [0, 0.1) is 17.8 Å². The summed E-state index contributed by atoms with van der Waals surface area (Å²) in [5.74, 6) is -0.881. The first kappa shape index (κ1) is 43.2. The molecule has 9 nitrogen and oxygen atoms in total. The van der Waals surface area contributed by atoms with Gasteiger partial charge in [0.1, 0.15) is 25.1 Å². The summed E-state index contributed by atoms with van der Waals surface area (Å²) in [5, 5.41) is 41.0. The van der Waals surface area contributed by atoms with E-state index < -0.39 is 36.3 Å². The Kier molecular flexibility index (Phi) is 24.9. The standard InChI is InChI=1S/C38H68O9/c1-4-5-13-19-30(39)23-24-33-34(36(43)26-35(33)42)25-31(40)20-16-17-22-38(45)47-28-32(41)27-46-37(44)21-15-12-10-8-6-7-9-11-14-18-29(2)3/h23-24,29-30,32-36,39,41-43H,4-22,25-28H2,1-3H3/b24-23+/t30-,32+,33+,34+,35+,36-/m0/s1. The monoisotopic (exact) mass is 668 g/mol. The fourth-order valence-corrected chi connectivity index (χ4v) is 6.21. The number of rotatable bonds is 29. The molecule has 1 aliphatic rings. The van der Waals surface area contributed by atoms with Crippen LogP contribution >= 0.6 is 0 Å². The maximum Gasteiger partial charge on any atom is 0.305 e. The lowest BCUT2D eigenvalue weighted by molar-refractivity contribution is -0.152. The topological polar surface area (TPSA) is 151 Å². The van der Waals surface area contributed by atoms with Crippen LogP contribution in [0.3, 0.4) is 0 Å². The van der Waals surface area contributed by atoms with Crippen molar-refractivity contribution in [2.24, 2.45) is 17.8 Å². The van der Waals surface area contributed by atoms with Gasteiger partial charge >= 0.3 is 11.9 Å². The Labute approximate surface area is 284 Å². The second-order valence-electron chi connectivity index (χ2n) is 14.1. The lowest BCUT2D eigenvalue weighted by atomic mass is 9.87. The van der Waals surface area contributed by atoms with Crippen molar-refractivity contribution in [1.29, 1.82) is 0 Å². The van der Waals surface area contributed by atoms with Crippen LogP contribution in [0.2, 0.25) is 0 Å². The molecule has 0 saturated heterocycles. The first-order chi connectivity index (χ1) is 22.5. The minimum Gasteiger partial charge on any atom is -0.463 e. The second-order valence-corrected chi connectivity index (χ2v) is 14.1. The third-order valence-electron chi connectivity index (χ3n) is 9.16. The van der Waals surface area contributed by atoms with Gasteiger partial charge in [-0.15, -0.1) is 0 Å². The second kappa shape index (κ2) is 27.1. The van der Waals surface area contributed by atoms with Crippen molar-refractivity contribution in [2.45, 2.75) is 180 Å². The van der Waals surface area contributed by atoms with Crippen molar-refractivity contribution in [3.63, 3.8) is 0 Å². The molecule has 1 saturated carbocycles. The molecule has 1 rings (SSSR count). The third-order valence-corrected chi connectivity index (χ3v) is 9.16. The molecule has 0 bridgehead atoms. The molecule has 47 heavy (non-hydrogen) atoms. The van der Waals surface area contributed by atoms with Gasteiger partial charge in [-0.05, 0) is 31.6 Å². The molecule has 0 spiro atoms. The highest BCUT2D eigenvalue weighted by Gasteiger charge is 2.41. The van der Waals surface area contributed by atoms with Crippen LogP contribution in [0.25, 0.3) is 0 Å². The molecule has 0 aromatic carbocycles. The smallest absolute Gasteiger partial charge is 0.305 e. The molecule has 9 heteroatoms. The quantitative estimate of drug-likeness (QED) is 0.0385. The summed E-state index contributed by atoms with van der Waals surface area (Å²) in [4.78, 5) is 36.6. The Hall–Kier alpha value is -1.81. The predicted molar refractivity (Wildman–Crippen MR) is 185 cm³/mol. The maximum absolute atomic E-state index is 12.6. The molecule has 0 aromatic rings. The van der Waals surface area contributed by atoms with Gasteiger partial charge in [0.25, 0.3) is 0 Å². The molecule has 1 fully saturated rings. The van der Waals surface area contributed by atoms with E-state index in [-0.39, 0.29) is 56.6 Å². The van der Waals surface area contributed by atoms with Crippen molar-refractivity contribution in [2.75, 3.05) is 13.2 Å². The number of aliphatic hydroxyl groups excluding tert-OH is 4. The van der Waals surface area contributed by atoms with Crippen molar-refractivity contribution in [1.82, 2.24) is 0 Å². The first-order valence-corrected chi connectivity index (χ1v) is 18.8. The Morgan fingerprint density at radius 2 is 1.21 bits per heavy atom. The number of hydrogen-bond acceptors (Lipinski definition) is 9. The summed E-state index contributed by atoms with van der Waals surface area (Å²) in [7, 11) is 0. The molecule has 4 N–H and O–H groups in total. The van der Waals surface area contributed by atoms with Crippen LogP contribution in [-0.4, -0.2) is 75.8 Å². The number of ether oxygens (including phenoxy) is 2. The number of ketones is 1. The highest BCUT2D eigenvalue weighted by molar-refractivity contribution is 5.79. The van der Waals surface area contributed by atoms with Crippen molar-refractivity contribution in [3.05, 3.63) is 12.2 Å². The zero-order valence-corrected chi connectivity index (χ0v) is 29.8. The van der Waals surface area contributed by atoms with Crippen LogP contribution in [0.4, 0.5) is 0 Å². The van der Waals surface area contributed by atoms with Gasteiger partial charge in [0.15, 0.2) is 0 Å². The van der Waals surface area contributed by atoms with Crippen LogP contribution in [0.15, 0.2) is 12.2 Å². The Bertz CT molecular complexity index is 858. The number of Topliss-reactive ketones (excluding diaryl/α,β-unsaturated/α-hetero) is 1. The van der Waals surface area contributed by atoms with E-state index >= 15 is 0 Å². The number of hydrogen-bond donors (Lipinski definition) is 4. The largest absolute Gasteiger partial charge is 0.463 e. The average molecular weight is 669 g/mol. The Morgan fingerprint density at radius 1 is 0.702 bits per heavy atom. The van der Waals surface area contributed by atoms with Crippen LogP contribution < -0.4 is 0 Å². The van der Waals surface area contributed by atoms with Gasteiger partial charge in [0, 0.05) is 43.9 Å². The molecule has 6 atom stereocenters. The van der Waals surface area contributed by atoms with Gasteiger partial charge in [-0.25, -0.2) is 0 Å². The fraction of sp³-hybridized carbons (Fsp3) is 0.868. The number of esters is 2. The fourth-order valence-electron chi connectivity index (χ4n) is 6.21. The molecule has 0 heterocycles. The van der Waals surface area contributed by atoms with Gasteiger partial charge in [-0.2, -0.15) is 0 Å². The van der Waals surface area contributed by atoms with Gasteiger partial charge in [0.05, 0.1) is 18.3 Å². The molecule has 0 aliphatic heterocycles.